The number of amides is 1. The molecule has 5 heteroatoms. The number of benzene rings is 2. The summed E-state index contributed by atoms with van der Waals surface area (Å²) < 4.78 is 5.75. The largest absolute Gasteiger partial charge is 0.506 e. The Hall–Kier alpha value is -2.04. The molecule has 138 valence electrons. The molecular weight excluding hydrogens is 350 g/mol. The highest BCUT2D eigenvalue weighted by Gasteiger charge is 2.32. The summed E-state index contributed by atoms with van der Waals surface area (Å²) in [7, 11) is 1.86. The molecule has 2 aromatic carbocycles. The van der Waals surface area contributed by atoms with Gasteiger partial charge in [-0.15, -0.1) is 0 Å². The van der Waals surface area contributed by atoms with E-state index in [9.17, 15) is 9.90 Å². The Bertz CT molecular complexity index is 801. The molecule has 0 radical (unpaired) electrons. The van der Waals surface area contributed by atoms with Crippen LogP contribution in [0, 0.1) is 0 Å². The maximum atomic E-state index is 12.8. The molecule has 1 N–H and O–H groups in total. The highest BCUT2D eigenvalue weighted by Crippen LogP contribution is 2.30. The lowest BCUT2D eigenvalue weighted by Gasteiger charge is -2.39. The molecule has 3 rings (SSSR count). The zero-order chi connectivity index (χ0) is 18.9. The number of phenols is 1. The first-order valence-corrected chi connectivity index (χ1v) is 9.15. The lowest BCUT2D eigenvalue weighted by molar-refractivity contribution is -0.0756. The van der Waals surface area contributed by atoms with Gasteiger partial charge in [-0.05, 0) is 62.1 Å². The number of aromatic hydroxyl groups is 1. The van der Waals surface area contributed by atoms with Crippen LogP contribution in [0.25, 0.3) is 11.1 Å². The van der Waals surface area contributed by atoms with E-state index < -0.39 is 0 Å². The van der Waals surface area contributed by atoms with Gasteiger partial charge in [0, 0.05) is 25.3 Å². The Balaban J connectivity index is 1.75. The van der Waals surface area contributed by atoms with E-state index in [-0.39, 0.29) is 23.3 Å². The fourth-order valence-electron chi connectivity index (χ4n) is 3.39. The first-order valence-electron chi connectivity index (χ1n) is 8.77. The van der Waals surface area contributed by atoms with Crippen LogP contribution in [-0.2, 0) is 4.74 Å². The van der Waals surface area contributed by atoms with Crippen LogP contribution in [0.1, 0.15) is 37.0 Å². The van der Waals surface area contributed by atoms with Crippen molar-refractivity contribution >= 4 is 17.5 Å². The second-order valence-corrected chi connectivity index (χ2v) is 7.82. The number of nitrogens with zero attached hydrogens (tertiary/aromatic N) is 1. The third kappa shape index (κ3) is 4.02. The van der Waals surface area contributed by atoms with E-state index in [1.54, 1.807) is 18.2 Å². The molecule has 26 heavy (non-hydrogen) atoms. The van der Waals surface area contributed by atoms with Gasteiger partial charge in [-0.2, -0.15) is 0 Å². The maximum Gasteiger partial charge on any atom is 0.253 e. The molecule has 2 aromatic rings. The summed E-state index contributed by atoms with van der Waals surface area (Å²) in [5.41, 5.74) is 2.30. The topological polar surface area (TPSA) is 49.8 Å². The smallest absolute Gasteiger partial charge is 0.253 e. The molecule has 1 aliphatic rings. The van der Waals surface area contributed by atoms with Gasteiger partial charge in [-0.1, -0.05) is 29.8 Å². The molecule has 1 fully saturated rings. The molecule has 1 atom stereocenters. The fourth-order valence-corrected chi connectivity index (χ4v) is 3.57. The highest BCUT2D eigenvalue weighted by atomic mass is 35.5. The lowest BCUT2D eigenvalue weighted by Crippen LogP contribution is -2.46. The normalized spacial score (nSPS) is 19.2. The molecule has 1 heterocycles. The Morgan fingerprint density at radius 3 is 2.46 bits per heavy atom. The zero-order valence-corrected chi connectivity index (χ0v) is 16.1. The predicted octanol–water partition coefficient (Wildman–Crippen LogP) is 4.74. The van der Waals surface area contributed by atoms with E-state index >= 15 is 0 Å². The van der Waals surface area contributed by atoms with Crippen LogP contribution < -0.4 is 0 Å². The molecule has 0 bridgehead atoms. The number of halogens is 1. The van der Waals surface area contributed by atoms with Crippen molar-refractivity contribution < 1.29 is 14.6 Å². The van der Waals surface area contributed by atoms with Gasteiger partial charge in [0.25, 0.3) is 5.91 Å². The van der Waals surface area contributed by atoms with Crippen molar-refractivity contribution in [3.05, 3.63) is 53.1 Å². The number of ether oxygens (including phenoxy) is 1. The van der Waals surface area contributed by atoms with Crippen molar-refractivity contribution in [3.63, 3.8) is 0 Å². The standard InChI is InChI=1S/C21H24ClNO3/c1-21(2)13-17(10-11-26-21)23(3)20(25)15-6-4-14(5-7-15)16-8-9-19(24)18(22)12-16/h4-9,12,17,24H,10-11,13H2,1-3H3/t17-/m1/s1. The summed E-state index contributed by atoms with van der Waals surface area (Å²) in [5.74, 6) is 0.0752. The average molecular weight is 374 g/mol. The van der Waals surface area contributed by atoms with E-state index in [0.717, 1.165) is 24.0 Å². The van der Waals surface area contributed by atoms with Crippen molar-refractivity contribution in [1.82, 2.24) is 4.90 Å². The Morgan fingerprint density at radius 1 is 1.19 bits per heavy atom. The van der Waals surface area contributed by atoms with Crippen LogP contribution in [0.5, 0.6) is 5.75 Å². The molecule has 0 aromatic heterocycles. The van der Waals surface area contributed by atoms with Gasteiger partial charge in [-0.3, -0.25) is 4.79 Å². The van der Waals surface area contributed by atoms with Crippen molar-refractivity contribution in [3.8, 4) is 16.9 Å². The van der Waals surface area contributed by atoms with Crippen LogP contribution in [0.4, 0.5) is 0 Å². The molecule has 0 unspecified atom stereocenters. The second kappa shape index (κ2) is 7.29. The lowest BCUT2D eigenvalue weighted by atomic mass is 9.92. The quantitative estimate of drug-likeness (QED) is 0.845. The minimum Gasteiger partial charge on any atom is -0.506 e. The van der Waals surface area contributed by atoms with Crippen molar-refractivity contribution in [2.24, 2.45) is 0 Å². The molecular formula is C21H24ClNO3. The predicted molar refractivity (Wildman–Crippen MR) is 104 cm³/mol. The van der Waals surface area contributed by atoms with Crippen LogP contribution >= 0.6 is 11.6 Å². The highest BCUT2D eigenvalue weighted by molar-refractivity contribution is 6.32. The van der Waals surface area contributed by atoms with Gasteiger partial charge in [0.1, 0.15) is 5.75 Å². The van der Waals surface area contributed by atoms with Crippen molar-refractivity contribution in [1.29, 1.82) is 0 Å². The van der Waals surface area contributed by atoms with E-state index in [4.69, 9.17) is 16.3 Å². The van der Waals surface area contributed by atoms with Gasteiger partial charge in [-0.25, -0.2) is 0 Å². The number of carbonyl (C=O) groups excluding carboxylic acids is 1. The third-order valence-electron chi connectivity index (χ3n) is 4.95. The molecule has 0 saturated carbocycles. The summed E-state index contributed by atoms with van der Waals surface area (Å²) in [5, 5.41) is 9.85. The van der Waals surface area contributed by atoms with Gasteiger partial charge < -0.3 is 14.7 Å². The van der Waals surface area contributed by atoms with E-state index in [2.05, 4.69) is 13.8 Å². The summed E-state index contributed by atoms with van der Waals surface area (Å²) in [6.07, 6.45) is 1.69. The summed E-state index contributed by atoms with van der Waals surface area (Å²) >= 11 is 5.98. The zero-order valence-electron chi connectivity index (χ0n) is 15.3. The summed E-state index contributed by atoms with van der Waals surface area (Å²) in [6, 6.07) is 12.7. The van der Waals surface area contributed by atoms with Crippen LogP contribution in [-0.4, -0.2) is 41.2 Å². The fraction of sp³-hybridized carbons (Fsp3) is 0.381. The number of hydrogen-bond acceptors (Lipinski definition) is 3. The Morgan fingerprint density at radius 2 is 1.85 bits per heavy atom. The molecule has 1 saturated heterocycles. The minimum atomic E-state index is -0.195. The van der Waals surface area contributed by atoms with Gasteiger partial charge in [0.15, 0.2) is 0 Å². The summed E-state index contributed by atoms with van der Waals surface area (Å²) in [4.78, 5) is 14.7. The third-order valence-corrected chi connectivity index (χ3v) is 5.25. The SMILES string of the molecule is CN(C(=O)c1ccc(-c2ccc(O)c(Cl)c2)cc1)[C@@H]1CCOC(C)(C)C1. The monoisotopic (exact) mass is 373 g/mol. The van der Waals surface area contributed by atoms with Gasteiger partial charge >= 0.3 is 0 Å². The minimum absolute atomic E-state index is 0.0167. The molecule has 0 spiro atoms. The molecule has 0 aliphatic carbocycles. The van der Waals surface area contributed by atoms with E-state index in [1.807, 2.05) is 36.2 Å². The Kier molecular flexibility index (Phi) is 5.26. The number of carbonyl (C=O) groups is 1. The Labute approximate surface area is 159 Å². The number of phenolic OH excluding ortho intramolecular Hbond substituents is 1. The van der Waals surface area contributed by atoms with Crippen molar-refractivity contribution in [2.45, 2.75) is 38.3 Å². The average Bonchev–Trinajstić information content (AvgIpc) is 2.62. The first-order chi connectivity index (χ1) is 12.3. The van der Waals surface area contributed by atoms with E-state index in [1.165, 1.54) is 0 Å². The number of hydrogen-bond donors (Lipinski definition) is 1. The van der Waals surface area contributed by atoms with Gasteiger partial charge in [0.2, 0.25) is 0 Å². The second-order valence-electron chi connectivity index (χ2n) is 7.41. The first kappa shape index (κ1) is 18.7. The maximum absolute atomic E-state index is 12.8. The molecule has 1 aliphatic heterocycles. The van der Waals surface area contributed by atoms with Crippen LogP contribution in [0.3, 0.4) is 0 Å². The van der Waals surface area contributed by atoms with Crippen LogP contribution in [0.2, 0.25) is 5.02 Å². The van der Waals surface area contributed by atoms with E-state index in [0.29, 0.717) is 17.2 Å². The number of rotatable bonds is 3. The molecule has 1 amide bonds. The van der Waals surface area contributed by atoms with Crippen LogP contribution in [0.15, 0.2) is 42.5 Å². The molecule has 4 nitrogen and oxygen atoms in total. The summed E-state index contributed by atoms with van der Waals surface area (Å²) in [6.45, 7) is 4.81. The van der Waals surface area contributed by atoms with Crippen molar-refractivity contribution in [2.75, 3.05) is 13.7 Å². The van der Waals surface area contributed by atoms with Gasteiger partial charge in [0.05, 0.1) is 10.6 Å².